The van der Waals surface area contributed by atoms with Gasteiger partial charge in [-0.3, -0.25) is 14.5 Å². The van der Waals surface area contributed by atoms with Gasteiger partial charge in [-0.25, -0.2) is 0 Å². The van der Waals surface area contributed by atoms with Crippen LogP contribution in [0.2, 0.25) is 0 Å². The molecule has 2 saturated heterocycles. The summed E-state index contributed by atoms with van der Waals surface area (Å²) in [6.45, 7) is 5.17. The molecule has 0 spiro atoms. The van der Waals surface area contributed by atoms with Crippen molar-refractivity contribution in [1.29, 1.82) is 0 Å². The number of nitrogens with zero attached hydrogens (tertiary/aromatic N) is 2. The fourth-order valence-electron chi connectivity index (χ4n) is 4.43. The second-order valence-electron chi connectivity index (χ2n) is 8.83. The van der Waals surface area contributed by atoms with Crippen molar-refractivity contribution in [2.45, 2.75) is 38.9 Å². The van der Waals surface area contributed by atoms with Crippen LogP contribution >= 0.6 is 15.9 Å². The summed E-state index contributed by atoms with van der Waals surface area (Å²) in [6, 6.07) is 22.2. The first kappa shape index (κ1) is 28.6. The van der Waals surface area contributed by atoms with Gasteiger partial charge in [0.25, 0.3) is 11.8 Å². The summed E-state index contributed by atoms with van der Waals surface area (Å²) in [6.07, 6.45) is -2.07. The van der Waals surface area contributed by atoms with E-state index in [0.29, 0.717) is 36.9 Å². The van der Waals surface area contributed by atoms with Gasteiger partial charge in [0.2, 0.25) is 6.29 Å². The molecule has 206 valence electrons. The van der Waals surface area contributed by atoms with Crippen LogP contribution in [0.3, 0.4) is 0 Å². The van der Waals surface area contributed by atoms with E-state index in [4.69, 9.17) is 18.9 Å². The molecule has 0 aliphatic carbocycles. The Kier molecular flexibility index (Phi) is 9.61. The number of hydrogen-bond donors (Lipinski definition) is 0. The van der Waals surface area contributed by atoms with Crippen LogP contribution in [0.4, 0.5) is 5.69 Å². The van der Waals surface area contributed by atoms with Crippen LogP contribution in [0.5, 0.6) is 11.5 Å². The van der Waals surface area contributed by atoms with Gasteiger partial charge in [0, 0.05) is 29.3 Å². The second-order valence-corrected chi connectivity index (χ2v) is 9.74. The van der Waals surface area contributed by atoms with Gasteiger partial charge in [-0.05, 0) is 42.0 Å². The standard InChI is InChI=1S/C28H27BrN2O6.C2H6/c1-30-14-15-35-28(27(30)33)37-25-24(31(26(25)32)20-9-11-21(34-2)12-10-20)22-13-8-19(29)16-23(22)36-17-18-6-4-3-5-7-18;1-2/h3-13,16,24-25,28H,14-15,17H2,1-2H3;1-2H3. The molecular weight excluding hydrogens is 564 g/mol. The van der Waals surface area contributed by atoms with Gasteiger partial charge >= 0.3 is 0 Å². The summed E-state index contributed by atoms with van der Waals surface area (Å²) < 4.78 is 24.0. The van der Waals surface area contributed by atoms with E-state index in [-0.39, 0.29) is 11.8 Å². The van der Waals surface area contributed by atoms with Gasteiger partial charge in [-0.2, -0.15) is 0 Å². The van der Waals surface area contributed by atoms with Crippen molar-refractivity contribution in [3.8, 4) is 11.5 Å². The van der Waals surface area contributed by atoms with E-state index in [0.717, 1.165) is 15.6 Å². The minimum atomic E-state index is -1.14. The quantitative estimate of drug-likeness (QED) is 0.326. The molecule has 0 radical (unpaired) electrons. The first-order valence-electron chi connectivity index (χ1n) is 12.9. The highest BCUT2D eigenvalue weighted by Gasteiger charge is 2.53. The van der Waals surface area contributed by atoms with Crippen molar-refractivity contribution in [3.63, 3.8) is 0 Å². The van der Waals surface area contributed by atoms with E-state index in [9.17, 15) is 9.59 Å². The van der Waals surface area contributed by atoms with Crippen molar-refractivity contribution >= 4 is 33.4 Å². The number of carbonyl (C=O) groups excluding carboxylic acids is 2. The number of likely N-dealkylation sites (N-methyl/N-ethyl adjacent to an activating group) is 1. The summed E-state index contributed by atoms with van der Waals surface area (Å²) in [5.74, 6) is 0.713. The summed E-state index contributed by atoms with van der Waals surface area (Å²) in [5.41, 5.74) is 2.46. The van der Waals surface area contributed by atoms with Crippen molar-refractivity contribution in [2.24, 2.45) is 0 Å². The third-order valence-electron chi connectivity index (χ3n) is 6.47. The molecule has 2 aliphatic rings. The molecule has 2 fully saturated rings. The van der Waals surface area contributed by atoms with Gasteiger partial charge < -0.3 is 23.8 Å². The van der Waals surface area contributed by atoms with Gasteiger partial charge in [0.15, 0.2) is 6.10 Å². The predicted octanol–water partition coefficient (Wildman–Crippen LogP) is 5.35. The number of hydrogen-bond acceptors (Lipinski definition) is 6. The Morgan fingerprint density at radius 2 is 1.69 bits per heavy atom. The number of halogens is 1. The van der Waals surface area contributed by atoms with Crippen molar-refractivity contribution in [1.82, 2.24) is 4.90 Å². The third kappa shape index (κ3) is 6.27. The SMILES string of the molecule is CC.COc1ccc(N2C(=O)C(OC3OCCN(C)C3=O)C2c2ccc(Br)cc2OCc2ccccc2)cc1. The van der Waals surface area contributed by atoms with Crippen LogP contribution in [-0.4, -0.2) is 56.4 Å². The van der Waals surface area contributed by atoms with E-state index >= 15 is 0 Å². The lowest BCUT2D eigenvalue weighted by Gasteiger charge is -2.48. The molecule has 3 unspecified atom stereocenters. The van der Waals surface area contributed by atoms with Crippen LogP contribution in [0.1, 0.15) is 31.0 Å². The highest BCUT2D eigenvalue weighted by molar-refractivity contribution is 9.10. The van der Waals surface area contributed by atoms with Crippen LogP contribution < -0.4 is 14.4 Å². The lowest BCUT2D eigenvalue weighted by molar-refractivity contribution is -0.215. The maximum atomic E-state index is 13.5. The maximum Gasteiger partial charge on any atom is 0.279 e. The Morgan fingerprint density at radius 1 is 0.974 bits per heavy atom. The van der Waals surface area contributed by atoms with E-state index in [1.807, 2.05) is 74.5 Å². The van der Waals surface area contributed by atoms with Crippen molar-refractivity contribution in [2.75, 3.05) is 32.2 Å². The molecular formula is C30H33BrN2O6. The number of β-lactam (4-membered cyclic amide) rings is 1. The topological polar surface area (TPSA) is 77.5 Å². The highest BCUT2D eigenvalue weighted by atomic mass is 79.9. The van der Waals surface area contributed by atoms with Gasteiger partial charge in [-0.15, -0.1) is 0 Å². The Morgan fingerprint density at radius 3 is 2.38 bits per heavy atom. The smallest absolute Gasteiger partial charge is 0.279 e. The largest absolute Gasteiger partial charge is 0.497 e. The van der Waals surface area contributed by atoms with Gasteiger partial charge in [0.1, 0.15) is 24.1 Å². The number of carbonyl (C=O) groups is 2. The summed E-state index contributed by atoms with van der Waals surface area (Å²) >= 11 is 3.53. The molecule has 5 rings (SSSR count). The van der Waals surface area contributed by atoms with Gasteiger partial charge in [-0.1, -0.05) is 66.2 Å². The number of ether oxygens (including phenoxy) is 4. The number of rotatable bonds is 8. The monoisotopic (exact) mass is 596 g/mol. The Labute approximate surface area is 237 Å². The summed E-state index contributed by atoms with van der Waals surface area (Å²) in [5, 5.41) is 0. The Bertz CT molecular complexity index is 1270. The number of anilines is 1. The van der Waals surface area contributed by atoms with E-state index in [1.165, 1.54) is 0 Å². The number of methoxy groups -OCH3 is 1. The van der Waals surface area contributed by atoms with Crippen molar-refractivity contribution < 1.29 is 28.5 Å². The lowest BCUT2D eigenvalue weighted by Crippen LogP contribution is -2.62. The molecule has 0 saturated carbocycles. The van der Waals surface area contributed by atoms with Crippen LogP contribution in [0.15, 0.2) is 77.3 Å². The minimum absolute atomic E-state index is 0.267. The van der Waals surface area contributed by atoms with Crippen molar-refractivity contribution in [3.05, 3.63) is 88.4 Å². The third-order valence-corrected chi connectivity index (χ3v) is 6.97. The molecule has 0 bridgehead atoms. The molecule has 2 amide bonds. The molecule has 8 nitrogen and oxygen atoms in total. The van der Waals surface area contributed by atoms with Crippen LogP contribution in [0, 0.1) is 0 Å². The average Bonchev–Trinajstić information content (AvgIpc) is 2.97. The van der Waals surface area contributed by atoms with E-state index in [1.54, 1.807) is 36.1 Å². The molecule has 0 aromatic heterocycles. The second kappa shape index (κ2) is 13.1. The Balaban J connectivity index is 0.00000172. The average molecular weight is 598 g/mol. The summed E-state index contributed by atoms with van der Waals surface area (Å²) in [4.78, 5) is 29.3. The fourth-order valence-corrected chi connectivity index (χ4v) is 4.77. The molecule has 3 aromatic rings. The zero-order valence-electron chi connectivity index (χ0n) is 22.5. The number of morpholine rings is 1. The molecule has 39 heavy (non-hydrogen) atoms. The molecule has 3 aromatic carbocycles. The van der Waals surface area contributed by atoms with E-state index < -0.39 is 18.4 Å². The zero-order chi connectivity index (χ0) is 27.9. The summed E-state index contributed by atoms with van der Waals surface area (Å²) in [7, 11) is 3.28. The molecule has 2 aliphatic heterocycles. The van der Waals surface area contributed by atoms with Crippen LogP contribution in [-0.2, 0) is 25.7 Å². The molecule has 3 atom stereocenters. The highest BCUT2D eigenvalue weighted by Crippen LogP contribution is 2.45. The van der Waals surface area contributed by atoms with Gasteiger partial charge in [0.05, 0.1) is 13.7 Å². The number of benzene rings is 3. The first-order valence-corrected chi connectivity index (χ1v) is 13.7. The number of amides is 2. The van der Waals surface area contributed by atoms with Crippen LogP contribution in [0.25, 0.3) is 0 Å². The first-order chi connectivity index (χ1) is 19.0. The lowest BCUT2D eigenvalue weighted by atomic mass is 9.89. The van der Waals surface area contributed by atoms with E-state index in [2.05, 4.69) is 15.9 Å². The molecule has 9 heteroatoms. The fraction of sp³-hybridized carbons (Fsp3) is 0.333. The molecule has 0 N–H and O–H groups in total. The Hall–Kier alpha value is -3.40. The maximum absolute atomic E-state index is 13.5. The normalized spacial score (nSPS) is 20.6. The minimum Gasteiger partial charge on any atom is -0.497 e. The predicted molar refractivity (Wildman–Crippen MR) is 152 cm³/mol. The molecule has 2 heterocycles. The zero-order valence-corrected chi connectivity index (χ0v) is 24.1.